The summed E-state index contributed by atoms with van der Waals surface area (Å²) in [5.41, 5.74) is 1.98. The van der Waals surface area contributed by atoms with Gasteiger partial charge in [0.1, 0.15) is 31.1 Å². The van der Waals surface area contributed by atoms with Crippen LogP contribution in [0, 0.1) is 6.92 Å². The van der Waals surface area contributed by atoms with Gasteiger partial charge in [-0.15, -0.1) is 0 Å². The molecule has 14 heteroatoms. The van der Waals surface area contributed by atoms with E-state index in [2.05, 4.69) is 10.5 Å². The number of rotatable bonds is 11. The summed E-state index contributed by atoms with van der Waals surface area (Å²) in [6.45, 7) is 6.58. The van der Waals surface area contributed by atoms with Crippen molar-refractivity contribution in [2.45, 2.75) is 65.3 Å². The molecule has 2 aliphatic heterocycles. The van der Waals surface area contributed by atoms with Crippen LogP contribution in [0.5, 0.6) is 5.75 Å². The van der Waals surface area contributed by atoms with Crippen LogP contribution in [0.3, 0.4) is 0 Å². The van der Waals surface area contributed by atoms with Crippen LogP contribution in [-0.2, 0) is 47.8 Å². The van der Waals surface area contributed by atoms with E-state index in [9.17, 15) is 24.0 Å². The van der Waals surface area contributed by atoms with Crippen molar-refractivity contribution in [3.63, 3.8) is 0 Å². The maximum atomic E-state index is 13.6. The van der Waals surface area contributed by atoms with Crippen molar-refractivity contribution in [3.05, 3.63) is 59.7 Å². The molecule has 0 saturated carbocycles. The van der Waals surface area contributed by atoms with Crippen LogP contribution in [0.25, 0.3) is 0 Å². The number of benzene rings is 2. The SMILES string of the molecule is CC(=O)N[C@H]1[C@H](O/N=C2/C(=O)N(CCOc3ccccc3C)c3ccccc32)O[C@H](COC(C)=O)[C@@H](OC(C)=O)[C@@H]1OC(C)=O. The van der Waals surface area contributed by atoms with Crippen LogP contribution in [0.2, 0.25) is 0 Å². The number of hydrogen-bond acceptors (Lipinski definition) is 12. The fraction of sp³-hybridized carbons (Fsp3) is 0.419. The number of anilines is 1. The van der Waals surface area contributed by atoms with E-state index in [4.69, 9.17) is 28.5 Å². The number of carbonyl (C=O) groups excluding carboxylic acids is 5. The number of oxime groups is 1. The molecule has 2 heterocycles. The second-order valence-electron chi connectivity index (χ2n) is 10.4. The van der Waals surface area contributed by atoms with Crippen LogP contribution < -0.4 is 15.0 Å². The Balaban J connectivity index is 1.62. The number of nitrogens with zero attached hydrogens (tertiary/aromatic N) is 2. The summed E-state index contributed by atoms with van der Waals surface area (Å²) in [4.78, 5) is 68.7. The van der Waals surface area contributed by atoms with Crippen molar-refractivity contribution in [2.24, 2.45) is 5.16 Å². The Morgan fingerprint density at radius 1 is 0.911 bits per heavy atom. The van der Waals surface area contributed by atoms with Crippen LogP contribution >= 0.6 is 0 Å². The summed E-state index contributed by atoms with van der Waals surface area (Å²) < 4.78 is 27.8. The predicted octanol–water partition coefficient (Wildman–Crippen LogP) is 1.80. The highest BCUT2D eigenvalue weighted by Crippen LogP contribution is 2.31. The van der Waals surface area contributed by atoms with Crippen LogP contribution in [0.1, 0.15) is 38.8 Å². The molecule has 0 radical (unpaired) electrons. The van der Waals surface area contributed by atoms with Gasteiger partial charge in [0.2, 0.25) is 5.91 Å². The summed E-state index contributed by atoms with van der Waals surface area (Å²) in [7, 11) is 0. The number of amides is 2. The maximum absolute atomic E-state index is 13.6. The second kappa shape index (κ2) is 14.7. The van der Waals surface area contributed by atoms with E-state index < -0.39 is 67.0 Å². The fourth-order valence-corrected chi connectivity index (χ4v) is 5.02. The number of para-hydroxylation sites is 2. The number of nitrogens with one attached hydrogen (secondary N) is 1. The first-order valence-corrected chi connectivity index (χ1v) is 14.2. The molecule has 45 heavy (non-hydrogen) atoms. The maximum Gasteiger partial charge on any atom is 0.303 e. The molecular weight excluding hydrogens is 590 g/mol. The first-order valence-electron chi connectivity index (χ1n) is 14.2. The first kappa shape index (κ1) is 32.9. The van der Waals surface area contributed by atoms with E-state index in [1.807, 2.05) is 31.2 Å². The molecule has 0 aromatic heterocycles. The minimum atomic E-state index is -1.48. The van der Waals surface area contributed by atoms with Gasteiger partial charge in [-0.3, -0.25) is 24.0 Å². The number of ether oxygens (including phenoxy) is 5. The standard InChI is InChI=1S/C31H35N3O11/c1-17-10-6-9-13-24(17)40-15-14-34-23-12-8-7-11-22(23)26(30(34)39)33-45-31-27(32-18(2)35)29(43-21(5)38)28(42-20(4)37)25(44-31)16-41-19(3)36/h6-13,25,27-29,31H,14-16H2,1-5H3,(H,32,35)/b33-26+/t25-,27-,28-,29-,31+/m1/s1. The molecule has 2 aliphatic rings. The number of hydrogen-bond donors (Lipinski definition) is 1. The third kappa shape index (κ3) is 8.15. The van der Waals surface area contributed by atoms with E-state index in [0.717, 1.165) is 19.4 Å². The van der Waals surface area contributed by atoms with Gasteiger partial charge in [0.05, 0.1) is 12.2 Å². The molecule has 1 saturated heterocycles. The summed E-state index contributed by atoms with van der Waals surface area (Å²) >= 11 is 0. The lowest BCUT2D eigenvalue weighted by Gasteiger charge is -2.43. The molecular formula is C31H35N3O11. The summed E-state index contributed by atoms with van der Waals surface area (Å²) in [6, 6.07) is 13.3. The Hall–Kier alpha value is -4.98. The molecule has 0 spiro atoms. The normalized spacial score (nSPS) is 23.1. The third-order valence-electron chi connectivity index (χ3n) is 6.88. The van der Waals surface area contributed by atoms with Gasteiger partial charge < -0.3 is 38.7 Å². The minimum Gasteiger partial charge on any atom is -0.491 e. The monoisotopic (exact) mass is 625 g/mol. The number of carbonyl (C=O) groups is 5. The first-order chi connectivity index (χ1) is 21.5. The fourth-order valence-electron chi connectivity index (χ4n) is 5.02. The lowest BCUT2D eigenvalue weighted by molar-refractivity contribution is -0.278. The number of fused-ring (bicyclic) bond motifs is 1. The molecule has 2 aromatic carbocycles. The van der Waals surface area contributed by atoms with Crippen molar-refractivity contribution in [2.75, 3.05) is 24.7 Å². The highest BCUT2D eigenvalue weighted by Gasteiger charge is 2.52. The van der Waals surface area contributed by atoms with Gasteiger partial charge in [0.25, 0.3) is 12.2 Å². The molecule has 240 valence electrons. The molecule has 1 fully saturated rings. The number of aryl methyl sites for hydroxylation is 1. The molecule has 0 unspecified atom stereocenters. The zero-order chi connectivity index (χ0) is 32.7. The van der Waals surface area contributed by atoms with E-state index in [1.165, 1.54) is 18.7 Å². The molecule has 0 aliphatic carbocycles. The van der Waals surface area contributed by atoms with Crippen LogP contribution in [0.15, 0.2) is 53.7 Å². The Kier molecular flexibility index (Phi) is 10.7. The van der Waals surface area contributed by atoms with E-state index in [-0.39, 0.29) is 18.9 Å². The summed E-state index contributed by atoms with van der Waals surface area (Å²) in [5, 5.41) is 6.73. The Bertz CT molecular complexity index is 1480. The van der Waals surface area contributed by atoms with Gasteiger partial charge in [-0.1, -0.05) is 41.6 Å². The Morgan fingerprint density at radius 2 is 1.58 bits per heavy atom. The molecule has 4 rings (SSSR count). The van der Waals surface area contributed by atoms with Crippen molar-refractivity contribution in [3.8, 4) is 5.75 Å². The molecule has 2 aromatic rings. The average Bonchev–Trinajstić information content (AvgIpc) is 3.24. The average molecular weight is 626 g/mol. The van der Waals surface area contributed by atoms with Crippen molar-refractivity contribution >= 4 is 41.1 Å². The van der Waals surface area contributed by atoms with Gasteiger partial charge in [-0.05, 0) is 24.6 Å². The second-order valence-corrected chi connectivity index (χ2v) is 10.4. The molecule has 14 nitrogen and oxygen atoms in total. The van der Waals surface area contributed by atoms with Gasteiger partial charge >= 0.3 is 17.9 Å². The number of esters is 3. The predicted molar refractivity (Wildman–Crippen MR) is 157 cm³/mol. The van der Waals surface area contributed by atoms with Crippen LogP contribution in [0.4, 0.5) is 5.69 Å². The van der Waals surface area contributed by atoms with Gasteiger partial charge in [0.15, 0.2) is 17.9 Å². The Labute approximate surface area is 259 Å². The van der Waals surface area contributed by atoms with Crippen LogP contribution in [-0.4, -0.2) is 85.8 Å². The molecule has 0 bridgehead atoms. The van der Waals surface area contributed by atoms with E-state index in [0.29, 0.717) is 17.0 Å². The molecule has 2 amide bonds. The summed E-state index contributed by atoms with van der Waals surface area (Å²) in [5.74, 6) is -2.47. The van der Waals surface area contributed by atoms with Gasteiger partial charge in [0, 0.05) is 33.3 Å². The zero-order valence-corrected chi connectivity index (χ0v) is 25.5. The van der Waals surface area contributed by atoms with E-state index >= 15 is 0 Å². The third-order valence-corrected chi connectivity index (χ3v) is 6.88. The smallest absolute Gasteiger partial charge is 0.303 e. The topological polar surface area (TPSA) is 168 Å². The Morgan fingerprint density at radius 3 is 2.24 bits per heavy atom. The highest BCUT2D eigenvalue weighted by molar-refractivity contribution is 6.54. The van der Waals surface area contributed by atoms with Crippen molar-refractivity contribution in [1.82, 2.24) is 5.32 Å². The summed E-state index contributed by atoms with van der Waals surface area (Å²) in [6.07, 6.45) is -5.31. The lowest BCUT2D eigenvalue weighted by Crippen LogP contribution is -2.66. The molecule has 1 N–H and O–H groups in total. The van der Waals surface area contributed by atoms with Gasteiger partial charge in [-0.2, -0.15) is 0 Å². The van der Waals surface area contributed by atoms with Crippen molar-refractivity contribution in [1.29, 1.82) is 0 Å². The van der Waals surface area contributed by atoms with Gasteiger partial charge in [-0.25, -0.2) is 0 Å². The highest BCUT2D eigenvalue weighted by atomic mass is 16.8. The molecule has 5 atom stereocenters. The van der Waals surface area contributed by atoms with E-state index in [1.54, 1.807) is 24.3 Å². The lowest BCUT2D eigenvalue weighted by atomic mass is 9.96. The van der Waals surface area contributed by atoms with Crippen molar-refractivity contribution < 1.29 is 52.5 Å². The largest absolute Gasteiger partial charge is 0.491 e. The quantitative estimate of drug-likeness (QED) is 0.220. The zero-order valence-electron chi connectivity index (χ0n) is 25.5. The minimum absolute atomic E-state index is 0.0469.